The van der Waals surface area contributed by atoms with E-state index in [2.05, 4.69) is 10.00 Å². The highest BCUT2D eigenvalue weighted by molar-refractivity contribution is 5.74. The van der Waals surface area contributed by atoms with Gasteiger partial charge in [0.2, 0.25) is 5.91 Å². The van der Waals surface area contributed by atoms with Crippen LogP contribution in [-0.4, -0.2) is 63.4 Å². The van der Waals surface area contributed by atoms with Crippen molar-refractivity contribution in [1.29, 1.82) is 0 Å². The third-order valence-corrected chi connectivity index (χ3v) is 6.53. The molecule has 4 heterocycles. The highest BCUT2D eigenvalue weighted by Crippen LogP contribution is 2.33. The van der Waals surface area contributed by atoms with E-state index in [0.29, 0.717) is 57.9 Å². The predicted octanol–water partition coefficient (Wildman–Crippen LogP) is 3.17. The topological polar surface area (TPSA) is 85.6 Å². The van der Waals surface area contributed by atoms with E-state index < -0.39 is 11.6 Å². The Morgan fingerprint density at radius 1 is 1.14 bits per heavy atom. The molecule has 36 heavy (non-hydrogen) atoms. The van der Waals surface area contributed by atoms with Gasteiger partial charge < -0.3 is 19.3 Å². The normalized spacial score (nSPS) is 16.2. The summed E-state index contributed by atoms with van der Waals surface area (Å²) in [6.07, 6.45) is 5.34. The molecule has 0 atom stereocenters. The van der Waals surface area contributed by atoms with Gasteiger partial charge in [-0.25, -0.2) is 23.4 Å². The van der Waals surface area contributed by atoms with E-state index in [0.717, 1.165) is 28.8 Å². The molecule has 2 aliphatic rings. The summed E-state index contributed by atoms with van der Waals surface area (Å²) in [5.74, 6) is -0.500. The van der Waals surface area contributed by atoms with Crippen molar-refractivity contribution in [1.82, 2.24) is 24.6 Å². The fraction of sp³-hybridized carbons (Fsp3) is 0.440. The lowest BCUT2D eigenvalue weighted by molar-refractivity contribution is -0.129. The first kappa shape index (κ1) is 24.1. The highest BCUT2D eigenvalue weighted by Gasteiger charge is 2.29. The van der Waals surface area contributed by atoms with Crippen LogP contribution in [-0.2, 0) is 29.2 Å². The molecule has 190 valence electrons. The van der Waals surface area contributed by atoms with E-state index in [9.17, 15) is 13.6 Å². The van der Waals surface area contributed by atoms with Crippen molar-refractivity contribution in [2.75, 3.05) is 31.6 Å². The van der Waals surface area contributed by atoms with Gasteiger partial charge in [0.05, 0.1) is 24.1 Å². The first-order chi connectivity index (χ1) is 17.4. The first-order valence-corrected chi connectivity index (χ1v) is 11.9. The van der Waals surface area contributed by atoms with Crippen LogP contribution in [0, 0.1) is 11.6 Å². The van der Waals surface area contributed by atoms with E-state index in [4.69, 9.17) is 19.4 Å². The van der Waals surface area contributed by atoms with E-state index >= 15 is 0 Å². The van der Waals surface area contributed by atoms with Crippen molar-refractivity contribution in [3.05, 3.63) is 53.6 Å². The molecule has 0 aliphatic carbocycles. The van der Waals surface area contributed by atoms with Crippen molar-refractivity contribution in [2.24, 2.45) is 0 Å². The predicted molar refractivity (Wildman–Crippen MR) is 127 cm³/mol. The number of hydrogen-bond donors (Lipinski definition) is 0. The van der Waals surface area contributed by atoms with Crippen LogP contribution in [0.15, 0.2) is 30.6 Å². The Kier molecular flexibility index (Phi) is 6.82. The molecule has 1 saturated heterocycles. The van der Waals surface area contributed by atoms with E-state index in [1.807, 2.05) is 6.20 Å². The SMILES string of the molecule is COCn1cc(-c2nc3c(nc2N2CCC(Oc4ccc(F)cc4F)CC2)CCN(C(C)=O)C3)cn1. The summed E-state index contributed by atoms with van der Waals surface area (Å²) in [5, 5.41) is 4.36. The van der Waals surface area contributed by atoms with Gasteiger partial charge in [0, 0.05) is 70.8 Å². The van der Waals surface area contributed by atoms with Crippen LogP contribution >= 0.6 is 0 Å². The average Bonchev–Trinajstić information content (AvgIpc) is 3.34. The number of aromatic nitrogens is 4. The minimum Gasteiger partial charge on any atom is -0.487 e. The maximum atomic E-state index is 14.0. The number of rotatable bonds is 6. The van der Waals surface area contributed by atoms with Crippen molar-refractivity contribution < 1.29 is 23.0 Å². The molecule has 0 bridgehead atoms. The molecule has 11 heteroatoms. The summed E-state index contributed by atoms with van der Waals surface area (Å²) in [6.45, 7) is 4.19. The molecular weight excluding hydrogens is 470 g/mol. The number of fused-ring (bicyclic) bond motifs is 1. The number of ether oxygens (including phenoxy) is 2. The minimum atomic E-state index is -0.701. The minimum absolute atomic E-state index is 0.0145. The van der Waals surface area contributed by atoms with Crippen LogP contribution in [0.3, 0.4) is 0 Å². The fourth-order valence-electron chi connectivity index (χ4n) is 4.63. The zero-order chi connectivity index (χ0) is 25.2. The van der Waals surface area contributed by atoms with Crippen molar-refractivity contribution in [2.45, 2.75) is 45.6 Å². The molecule has 2 aliphatic heterocycles. The van der Waals surface area contributed by atoms with Gasteiger partial charge in [0.15, 0.2) is 17.4 Å². The van der Waals surface area contributed by atoms with Crippen molar-refractivity contribution in [3.8, 4) is 17.0 Å². The van der Waals surface area contributed by atoms with Gasteiger partial charge in [-0.1, -0.05) is 0 Å². The molecule has 0 radical (unpaired) electrons. The molecule has 9 nitrogen and oxygen atoms in total. The largest absolute Gasteiger partial charge is 0.487 e. The van der Waals surface area contributed by atoms with E-state index in [1.54, 1.807) is 29.8 Å². The lowest BCUT2D eigenvalue weighted by Gasteiger charge is -2.35. The first-order valence-electron chi connectivity index (χ1n) is 11.9. The lowest BCUT2D eigenvalue weighted by atomic mass is 10.1. The summed E-state index contributed by atoms with van der Waals surface area (Å²) in [6, 6.07) is 3.35. The van der Waals surface area contributed by atoms with Gasteiger partial charge in [-0.2, -0.15) is 5.10 Å². The number of piperidine rings is 1. The molecule has 0 N–H and O–H groups in total. The number of hydrogen-bond acceptors (Lipinski definition) is 7. The molecule has 2 aromatic heterocycles. The van der Waals surface area contributed by atoms with Gasteiger partial charge >= 0.3 is 0 Å². The molecule has 0 saturated carbocycles. The van der Waals surface area contributed by atoms with Gasteiger partial charge in [-0.15, -0.1) is 0 Å². The monoisotopic (exact) mass is 498 g/mol. The van der Waals surface area contributed by atoms with E-state index in [1.165, 1.54) is 12.1 Å². The Morgan fingerprint density at radius 3 is 2.67 bits per heavy atom. The fourth-order valence-corrected chi connectivity index (χ4v) is 4.63. The van der Waals surface area contributed by atoms with Crippen LogP contribution in [0.5, 0.6) is 5.75 Å². The number of halogens is 2. The summed E-state index contributed by atoms with van der Waals surface area (Å²) in [5.41, 5.74) is 3.19. The second-order valence-corrected chi connectivity index (χ2v) is 9.05. The quantitative estimate of drug-likeness (QED) is 0.516. The molecule has 1 aromatic carbocycles. The van der Waals surface area contributed by atoms with Crippen molar-refractivity contribution in [3.63, 3.8) is 0 Å². The maximum absolute atomic E-state index is 14.0. The Labute approximate surface area is 207 Å². The second kappa shape index (κ2) is 10.2. The maximum Gasteiger partial charge on any atom is 0.219 e. The molecule has 0 unspecified atom stereocenters. The molecule has 3 aromatic rings. The summed E-state index contributed by atoms with van der Waals surface area (Å²) >= 11 is 0. The van der Waals surface area contributed by atoms with Crippen molar-refractivity contribution >= 4 is 11.7 Å². The molecule has 0 spiro atoms. The summed E-state index contributed by atoms with van der Waals surface area (Å²) in [7, 11) is 1.60. The Morgan fingerprint density at radius 2 is 1.94 bits per heavy atom. The van der Waals surface area contributed by atoms with Crippen LogP contribution in [0.25, 0.3) is 11.3 Å². The van der Waals surface area contributed by atoms with Crippen LogP contribution < -0.4 is 9.64 Å². The number of methoxy groups -OCH3 is 1. The number of nitrogens with zero attached hydrogens (tertiary/aromatic N) is 6. The van der Waals surface area contributed by atoms with Gasteiger partial charge in [0.25, 0.3) is 0 Å². The number of anilines is 1. The number of carbonyl (C=O) groups is 1. The number of amides is 1. The van der Waals surface area contributed by atoms with Crippen LogP contribution in [0.2, 0.25) is 0 Å². The summed E-state index contributed by atoms with van der Waals surface area (Å²) < 4.78 is 40.0. The Hall–Kier alpha value is -3.60. The molecule has 5 rings (SSSR count). The third kappa shape index (κ3) is 5.01. The standard InChI is InChI=1S/C25H28F2N6O3/c1-16(34)32-10-7-21-22(14-32)29-24(17-12-28-33(13-17)15-35-2)25(30-21)31-8-5-19(6-9-31)36-23-4-3-18(26)11-20(23)27/h3-4,11-13,19H,5-10,14-15H2,1-2H3. The Bertz CT molecular complexity index is 1260. The molecule has 1 amide bonds. The Balaban J connectivity index is 1.39. The van der Waals surface area contributed by atoms with E-state index in [-0.39, 0.29) is 17.8 Å². The van der Waals surface area contributed by atoms with Gasteiger partial charge in [-0.3, -0.25) is 4.79 Å². The average molecular weight is 499 g/mol. The van der Waals surface area contributed by atoms with Crippen LogP contribution in [0.1, 0.15) is 31.2 Å². The van der Waals surface area contributed by atoms with Gasteiger partial charge in [-0.05, 0) is 12.1 Å². The third-order valence-electron chi connectivity index (χ3n) is 6.53. The molecular formula is C25H28F2N6O3. The zero-order valence-corrected chi connectivity index (χ0v) is 20.3. The smallest absolute Gasteiger partial charge is 0.219 e. The van der Waals surface area contributed by atoms with Crippen LogP contribution in [0.4, 0.5) is 14.6 Å². The second-order valence-electron chi connectivity index (χ2n) is 9.05. The molecule has 1 fully saturated rings. The number of benzene rings is 1. The number of carbonyl (C=O) groups excluding carboxylic acids is 1. The highest BCUT2D eigenvalue weighted by atomic mass is 19.1. The summed E-state index contributed by atoms with van der Waals surface area (Å²) in [4.78, 5) is 25.8. The van der Waals surface area contributed by atoms with Gasteiger partial charge in [0.1, 0.15) is 24.3 Å². The zero-order valence-electron chi connectivity index (χ0n) is 20.3. The lowest BCUT2D eigenvalue weighted by Crippen LogP contribution is -2.40.